The van der Waals surface area contributed by atoms with Crippen LogP contribution >= 0.6 is 0 Å². The molecule has 0 saturated heterocycles. The molecule has 0 aromatic heterocycles. The van der Waals surface area contributed by atoms with Crippen LogP contribution in [0.1, 0.15) is 0 Å². The average molecular weight is 1130 g/mol. The van der Waals surface area contributed by atoms with Gasteiger partial charge in [-0.1, -0.05) is 273 Å². The molecule has 15 aromatic carbocycles. The van der Waals surface area contributed by atoms with Crippen molar-refractivity contribution in [2.75, 3.05) is 0 Å². The van der Waals surface area contributed by atoms with Crippen molar-refractivity contribution in [3.8, 4) is 66.8 Å². The van der Waals surface area contributed by atoms with Crippen molar-refractivity contribution in [1.82, 2.24) is 0 Å². The Morgan fingerprint density at radius 1 is 0.267 bits per heavy atom. The summed E-state index contributed by atoms with van der Waals surface area (Å²) in [6.07, 6.45) is -5.19. The maximum atomic E-state index is 10.5. The highest BCUT2D eigenvalue weighted by molar-refractivity contribution is 7.97. The number of hydrogen-bond acceptors (Lipinski definition) is 2. The number of rotatable bonds is 9. The number of carbonyl (C=O) groups excluding carboxylic acids is 1. The number of carboxylic acids is 1. The van der Waals surface area contributed by atoms with Gasteiger partial charge in [-0.05, 0) is 146 Å². The molecule has 0 heterocycles. The van der Waals surface area contributed by atoms with Gasteiger partial charge in [-0.2, -0.15) is 13.2 Å². The van der Waals surface area contributed by atoms with E-state index in [9.17, 15) is 13.2 Å². The second-order valence-electron chi connectivity index (χ2n) is 21.4. The molecule has 0 saturated carbocycles. The summed E-state index contributed by atoms with van der Waals surface area (Å²) in [4.78, 5) is 12.6. The molecule has 0 fully saturated rings. The van der Waals surface area contributed by atoms with Gasteiger partial charge in [0.1, 0.15) is 16.9 Å². The summed E-state index contributed by atoms with van der Waals surface area (Å²) in [5, 5.41) is 23.4. The third kappa shape index (κ3) is 9.90. The first-order valence-corrected chi connectivity index (χ1v) is 29.7. The van der Waals surface area contributed by atoms with Gasteiger partial charge in [-0.3, -0.25) is 0 Å². The number of benzene rings is 15. The minimum absolute atomic E-state index is 0.818. The summed E-state index contributed by atoms with van der Waals surface area (Å²) >= 11 is 0. The lowest BCUT2D eigenvalue weighted by Gasteiger charge is -2.24. The Hall–Kier alpha value is -10.5. The van der Waals surface area contributed by atoms with Gasteiger partial charge in [-0.15, -0.1) is 0 Å². The van der Waals surface area contributed by atoms with Crippen molar-refractivity contribution >= 4 is 81.5 Å². The highest BCUT2D eigenvalue weighted by Gasteiger charge is 2.41. The van der Waals surface area contributed by atoms with E-state index in [0.29, 0.717) is 0 Å². The first kappa shape index (κ1) is 53.5. The van der Waals surface area contributed by atoms with E-state index >= 15 is 0 Å². The van der Waals surface area contributed by atoms with E-state index in [0.717, 1.165) is 0 Å². The predicted octanol–water partition coefficient (Wildman–Crippen LogP) is 21.0. The van der Waals surface area contributed by atoms with Gasteiger partial charge < -0.3 is 9.90 Å². The van der Waals surface area contributed by atoms with Crippen LogP contribution in [0, 0.1) is 0 Å². The van der Waals surface area contributed by atoms with Gasteiger partial charge in [0.15, 0.2) is 14.7 Å². The SMILES string of the molecule is O=C([O-])C(F)(F)F.c1ccc([S+](c2c(-c3cccc4ccccc34)cc(-c3cccc4ccccc34)cc2-c2cccc3ccccc23)c2c(-c3cccc4ccccc34)cc(-c3cccc4ccccc34)cc2-c2cccc3ccccc23)cc1. The Kier molecular flexibility index (Phi) is 14.0. The van der Waals surface area contributed by atoms with Gasteiger partial charge in [0.25, 0.3) is 0 Å². The fourth-order valence-electron chi connectivity index (χ4n) is 12.5. The molecular formula is C80H51F3O2S. The van der Waals surface area contributed by atoms with Gasteiger partial charge >= 0.3 is 6.18 Å². The lowest BCUT2D eigenvalue weighted by atomic mass is 9.88. The minimum atomic E-state index is -5.19. The zero-order valence-corrected chi connectivity index (χ0v) is 47.1. The number of halogens is 3. The molecular weight excluding hydrogens is 1080 g/mol. The van der Waals surface area contributed by atoms with E-state index in [-0.39, 0.29) is 0 Å². The molecule has 0 aliphatic heterocycles. The number of carbonyl (C=O) groups is 1. The number of fused-ring (bicyclic) bond motifs is 6. The maximum Gasteiger partial charge on any atom is 0.430 e. The first-order valence-electron chi connectivity index (χ1n) is 28.5. The van der Waals surface area contributed by atoms with Crippen LogP contribution in [0.3, 0.4) is 0 Å². The van der Waals surface area contributed by atoms with Crippen LogP contribution in [0.4, 0.5) is 13.2 Å². The van der Waals surface area contributed by atoms with Crippen molar-refractivity contribution in [1.29, 1.82) is 0 Å². The molecule has 0 spiro atoms. The molecule has 0 atom stereocenters. The van der Waals surface area contributed by atoms with Crippen LogP contribution in [0.15, 0.2) is 324 Å². The molecule has 410 valence electrons. The van der Waals surface area contributed by atoms with E-state index in [4.69, 9.17) is 9.90 Å². The van der Waals surface area contributed by atoms with Crippen molar-refractivity contribution in [2.45, 2.75) is 20.9 Å². The lowest BCUT2D eigenvalue weighted by Crippen LogP contribution is -2.37. The van der Waals surface area contributed by atoms with Crippen LogP contribution in [-0.2, 0) is 15.7 Å². The summed E-state index contributed by atoms with van der Waals surface area (Å²) in [7, 11) is -0.818. The monoisotopic (exact) mass is 1130 g/mol. The van der Waals surface area contributed by atoms with Crippen molar-refractivity contribution in [3.63, 3.8) is 0 Å². The summed E-state index contributed by atoms with van der Waals surface area (Å²) in [5.74, 6) is -3.01. The van der Waals surface area contributed by atoms with Crippen LogP contribution in [0.2, 0.25) is 0 Å². The summed E-state index contributed by atoms with van der Waals surface area (Å²) < 4.78 is 31.5. The third-order valence-electron chi connectivity index (χ3n) is 16.3. The van der Waals surface area contributed by atoms with E-state index < -0.39 is 23.0 Å². The molecule has 86 heavy (non-hydrogen) atoms. The standard InChI is InChI=1S/C78H51S.C2HF3O2/c1-2-34-60(35-3-1)79(77-73(69-44-18-30-54-24-6-12-38-63(54)69)48-58(67-42-16-28-52-22-4-10-36-61(52)67)49-74(77)70-45-19-31-55-25-7-13-39-64(55)70)78-75(71-46-20-32-56-26-8-14-40-65(56)71)50-59(68-43-17-29-53-23-5-11-37-62(53)68)51-76(78)72-47-21-33-57-27-9-15-41-66(57)72;3-2(4,5)1(6)7/h1-51H;(H,6,7)/q+1;/p-1. The van der Waals surface area contributed by atoms with E-state index in [2.05, 4.69) is 309 Å². The predicted molar refractivity (Wildman–Crippen MR) is 350 cm³/mol. The number of hydrogen-bond donors (Lipinski definition) is 0. The van der Waals surface area contributed by atoms with Crippen LogP contribution in [0.25, 0.3) is 131 Å². The Morgan fingerprint density at radius 2 is 0.477 bits per heavy atom. The minimum Gasteiger partial charge on any atom is -0.542 e. The van der Waals surface area contributed by atoms with Gasteiger partial charge in [0, 0.05) is 22.3 Å². The third-order valence-corrected chi connectivity index (χ3v) is 18.8. The zero-order valence-electron chi connectivity index (χ0n) is 46.3. The molecule has 15 aromatic rings. The molecule has 15 rings (SSSR count). The Bertz CT molecular complexity index is 4590. The van der Waals surface area contributed by atoms with Crippen molar-refractivity contribution in [2.24, 2.45) is 0 Å². The van der Waals surface area contributed by atoms with Gasteiger partial charge in [-0.25, -0.2) is 0 Å². The highest BCUT2D eigenvalue weighted by atomic mass is 32.2. The molecule has 0 unspecified atom stereocenters. The summed E-state index contributed by atoms with van der Waals surface area (Å²) in [5.41, 5.74) is 14.4. The van der Waals surface area contributed by atoms with E-state index in [1.54, 1.807) is 0 Å². The fourth-order valence-corrected chi connectivity index (χ4v) is 15.2. The van der Waals surface area contributed by atoms with Gasteiger partial charge in [0.05, 0.1) is 0 Å². The van der Waals surface area contributed by atoms with Crippen LogP contribution < -0.4 is 5.11 Å². The molecule has 0 amide bonds. The summed E-state index contributed by atoms with van der Waals surface area (Å²) in [6.45, 7) is 0. The van der Waals surface area contributed by atoms with Crippen LogP contribution in [0.5, 0.6) is 0 Å². The number of alkyl halides is 3. The fraction of sp³-hybridized carbons (Fsp3) is 0.0125. The second kappa shape index (κ2) is 22.6. The lowest BCUT2D eigenvalue weighted by molar-refractivity contribution is -0.344. The van der Waals surface area contributed by atoms with E-state index in [1.165, 1.54) is 146 Å². The molecule has 2 nitrogen and oxygen atoms in total. The normalized spacial score (nSPS) is 11.6. The molecule has 0 aliphatic carbocycles. The Balaban J connectivity index is 0.000000882. The quantitative estimate of drug-likeness (QED) is 0.135. The molecule has 6 heteroatoms. The van der Waals surface area contributed by atoms with Gasteiger partial charge in [0.2, 0.25) is 0 Å². The first-order chi connectivity index (χ1) is 42.2. The van der Waals surface area contributed by atoms with Crippen molar-refractivity contribution < 1.29 is 23.1 Å². The van der Waals surface area contributed by atoms with Crippen molar-refractivity contribution in [3.05, 3.63) is 309 Å². The molecule has 0 aliphatic rings. The second-order valence-corrected chi connectivity index (χ2v) is 23.3. The van der Waals surface area contributed by atoms with Crippen LogP contribution in [-0.4, -0.2) is 12.1 Å². The Morgan fingerprint density at radius 3 is 0.733 bits per heavy atom. The number of aliphatic carboxylic acids is 1. The zero-order chi connectivity index (χ0) is 58.3. The maximum absolute atomic E-state index is 10.5. The van der Waals surface area contributed by atoms with E-state index in [1.807, 2.05) is 0 Å². The topological polar surface area (TPSA) is 40.1 Å². The molecule has 0 radical (unpaired) electrons. The average Bonchev–Trinajstić information content (AvgIpc) is 0.776. The smallest absolute Gasteiger partial charge is 0.430 e. The summed E-state index contributed by atoms with van der Waals surface area (Å²) in [6, 6.07) is 116. The Labute approximate surface area is 498 Å². The molecule has 0 N–H and O–H groups in total. The molecule has 0 bridgehead atoms. The highest BCUT2D eigenvalue weighted by Crippen LogP contribution is 2.54. The largest absolute Gasteiger partial charge is 0.542 e. The number of carboxylic acid groups (broad SMARTS) is 1.